The number of benzene rings is 1. The minimum atomic E-state index is -0.238. The number of nitrogens with one attached hydrogen (secondary N) is 1. The van der Waals surface area contributed by atoms with Crippen LogP contribution < -0.4 is 11.1 Å². The Morgan fingerprint density at radius 2 is 2.15 bits per heavy atom. The molecule has 1 atom stereocenters. The predicted octanol–water partition coefficient (Wildman–Crippen LogP) is 2.45. The Morgan fingerprint density at radius 3 is 2.80 bits per heavy atom. The van der Waals surface area contributed by atoms with Crippen molar-refractivity contribution in [2.75, 3.05) is 6.54 Å². The first-order valence-corrected chi connectivity index (χ1v) is 7.27. The Balaban J connectivity index is 0.00000147. The summed E-state index contributed by atoms with van der Waals surface area (Å²) in [7, 11) is 0. The van der Waals surface area contributed by atoms with Gasteiger partial charge in [0.2, 0.25) is 0 Å². The van der Waals surface area contributed by atoms with Gasteiger partial charge >= 0.3 is 0 Å². The van der Waals surface area contributed by atoms with Gasteiger partial charge in [-0.15, -0.1) is 12.4 Å². The maximum Gasteiger partial charge on any atom is 0.252 e. The zero-order valence-electron chi connectivity index (χ0n) is 11.9. The van der Waals surface area contributed by atoms with Crippen LogP contribution in [-0.2, 0) is 12.8 Å². The van der Waals surface area contributed by atoms with Crippen LogP contribution in [0.25, 0.3) is 0 Å². The standard InChI is InChI=1S/C16H22N2O.ClH/c1-16(10-17,12-8-9-12)18-15(19)14-7-3-5-11-4-2-6-13(11)14;/h3,5,7,12H,2,4,6,8-10,17H2,1H3,(H,18,19);1H. The van der Waals surface area contributed by atoms with Gasteiger partial charge in [0.05, 0.1) is 5.54 Å². The molecule has 3 rings (SSSR count). The second-order valence-corrected chi connectivity index (χ2v) is 6.15. The van der Waals surface area contributed by atoms with E-state index in [4.69, 9.17) is 5.73 Å². The van der Waals surface area contributed by atoms with E-state index in [0.29, 0.717) is 12.5 Å². The van der Waals surface area contributed by atoms with Gasteiger partial charge in [0.25, 0.3) is 5.91 Å². The Hall–Kier alpha value is -1.06. The molecule has 1 aromatic carbocycles. The van der Waals surface area contributed by atoms with E-state index >= 15 is 0 Å². The summed E-state index contributed by atoms with van der Waals surface area (Å²) in [5.41, 5.74) is 9.08. The smallest absolute Gasteiger partial charge is 0.252 e. The van der Waals surface area contributed by atoms with E-state index in [1.807, 2.05) is 12.1 Å². The minimum Gasteiger partial charge on any atom is -0.345 e. The van der Waals surface area contributed by atoms with E-state index in [1.54, 1.807) is 0 Å². The topological polar surface area (TPSA) is 55.1 Å². The van der Waals surface area contributed by atoms with Gasteiger partial charge in [-0.05, 0) is 62.1 Å². The van der Waals surface area contributed by atoms with E-state index in [1.165, 1.54) is 24.0 Å². The maximum atomic E-state index is 12.5. The molecule has 4 heteroatoms. The molecule has 1 amide bonds. The lowest BCUT2D eigenvalue weighted by atomic mass is 9.94. The summed E-state index contributed by atoms with van der Waals surface area (Å²) in [5.74, 6) is 0.608. The number of hydrogen-bond donors (Lipinski definition) is 2. The summed E-state index contributed by atoms with van der Waals surface area (Å²) in [6.07, 6.45) is 5.66. The van der Waals surface area contributed by atoms with Crippen molar-refractivity contribution in [1.82, 2.24) is 5.32 Å². The predicted molar refractivity (Wildman–Crippen MR) is 83.4 cm³/mol. The number of amides is 1. The molecule has 2 aliphatic carbocycles. The van der Waals surface area contributed by atoms with Crippen molar-refractivity contribution < 1.29 is 4.79 Å². The lowest BCUT2D eigenvalue weighted by Crippen LogP contribution is -2.53. The molecule has 1 saturated carbocycles. The van der Waals surface area contributed by atoms with Crippen LogP contribution in [0.4, 0.5) is 0 Å². The Bertz CT molecular complexity index is 513. The van der Waals surface area contributed by atoms with E-state index in [2.05, 4.69) is 18.3 Å². The lowest BCUT2D eigenvalue weighted by Gasteiger charge is -2.30. The third kappa shape index (κ3) is 2.70. The highest BCUT2D eigenvalue weighted by molar-refractivity contribution is 5.96. The lowest BCUT2D eigenvalue weighted by molar-refractivity contribution is 0.0897. The molecule has 0 spiro atoms. The summed E-state index contributed by atoms with van der Waals surface area (Å²) in [6.45, 7) is 2.59. The van der Waals surface area contributed by atoms with Gasteiger partial charge in [-0.3, -0.25) is 4.79 Å². The van der Waals surface area contributed by atoms with Gasteiger partial charge in [-0.2, -0.15) is 0 Å². The first-order valence-electron chi connectivity index (χ1n) is 7.27. The SMILES string of the molecule is CC(CN)(NC(=O)c1cccc2c1CCC2)C1CC1.Cl. The molecule has 110 valence electrons. The highest BCUT2D eigenvalue weighted by Gasteiger charge is 2.41. The number of carbonyl (C=O) groups is 1. The van der Waals surface area contributed by atoms with Crippen LogP contribution >= 0.6 is 12.4 Å². The van der Waals surface area contributed by atoms with Gasteiger partial charge in [-0.25, -0.2) is 0 Å². The summed E-state index contributed by atoms with van der Waals surface area (Å²) in [6, 6.07) is 6.08. The number of fused-ring (bicyclic) bond motifs is 1. The third-order valence-corrected chi connectivity index (χ3v) is 4.69. The first kappa shape index (κ1) is 15.3. The van der Waals surface area contributed by atoms with Crippen LogP contribution in [0.15, 0.2) is 18.2 Å². The van der Waals surface area contributed by atoms with Crippen LogP contribution in [0.5, 0.6) is 0 Å². The van der Waals surface area contributed by atoms with Crippen LogP contribution in [-0.4, -0.2) is 18.0 Å². The van der Waals surface area contributed by atoms with Crippen molar-refractivity contribution in [3.05, 3.63) is 34.9 Å². The Morgan fingerprint density at radius 1 is 1.40 bits per heavy atom. The second-order valence-electron chi connectivity index (χ2n) is 6.15. The molecule has 3 N–H and O–H groups in total. The van der Waals surface area contributed by atoms with Crippen molar-refractivity contribution in [2.24, 2.45) is 11.7 Å². The zero-order valence-corrected chi connectivity index (χ0v) is 12.8. The Labute approximate surface area is 126 Å². The largest absolute Gasteiger partial charge is 0.345 e. The molecule has 0 heterocycles. The van der Waals surface area contributed by atoms with Crippen LogP contribution in [0, 0.1) is 5.92 Å². The normalized spacial score (nSPS) is 19.7. The number of aryl methyl sites for hydroxylation is 1. The summed E-state index contributed by atoms with van der Waals surface area (Å²) in [4.78, 5) is 12.5. The monoisotopic (exact) mass is 294 g/mol. The third-order valence-electron chi connectivity index (χ3n) is 4.69. The first-order chi connectivity index (χ1) is 9.14. The molecule has 1 fully saturated rings. The molecule has 0 radical (unpaired) electrons. The van der Waals surface area contributed by atoms with Crippen molar-refractivity contribution in [3.8, 4) is 0 Å². The fraction of sp³-hybridized carbons (Fsp3) is 0.562. The fourth-order valence-corrected chi connectivity index (χ4v) is 3.20. The molecule has 0 aromatic heterocycles. The van der Waals surface area contributed by atoms with Crippen molar-refractivity contribution in [2.45, 2.75) is 44.6 Å². The molecule has 1 unspecified atom stereocenters. The highest BCUT2D eigenvalue weighted by atomic mass is 35.5. The zero-order chi connectivity index (χ0) is 13.5. The minimum absolute atomic E-state index is 0. The summed E-state index contributed by atoms with van der Waals surface area (Å²) in [5, 5.41) is 3.19. The van der Waals surface area contributed by atoms with Gasteiger partial charge in [0.1, 0.15) is 0 Å². The van der Waals surface area contributed by atoms with Crippen LogP contribution in [0.3, 0.4) is 0 Å². The summed E-state index contributed by atoms with van der Waals surface area (Å²) < 4.78 is 0. The molecular weight excluding hydrogens is 272 g/mol. The van der Waals surface area contributed by atoms with Crippen molar-refractivity contribution in [1.29, 1.82) is 0 Å². The summed E-state index contributed by atoms with van der Waals surface area (Å²) >= 11 is 0. The van der Waals surface area contributed by atoms with Crippen molar-refractivity contribution >= 4 is 18.3 Å². The number of hydrogen-bond acceptors (Lipinski definition) is 2. The van der Waals surface area contributed by atoms with Gasteiger partial charge in [-0.1, -0.05) is 12.1 Å². The van der Waals surface area contributed by atoms with Crippen molar-refractivity contribution in [3.63, 3.8) is 0 Å². The molecule has 2 aliphatic rings. The fourth-order valence-electron chi connectivity index (χ4n) is 3.20. The van der Waals surface area contributed by atoms with E-state index in [0.717, 1.165) is 24.8 Å². The molecule has 0 saturated heterocycles. The van der Waals surface area contributed by atoms with E-state index in [-0.39, 0.29) is 23.9 Å². The van der Waals surface area contributed by atoms with Gasteiger partial charge in [0, 0.05) is 12.1 Å². The van der Waals surface area contributed by atoms with Gasteiger partial charge in [0.15, 0.2) is 0 Å². The molecular formula is C16H23ClN2O. The van der Waals surface area contributed by atoms with E-state index in [9.17, 15) is 4.79 Å². The molecule has 20 heavy (non-hydrogen) atoms. The molecule has 0 bridgehead atoms. The number of carbonyl (C=O) groups excluding carboxylic acids is 1. The average molecular weight is 295 g/mol. The molecule has 1 aromatic rings. The number of rotatable bonds is 4. The van der Waals surface area contributed by atoms with E-state index < -0.39 is 0 Å². The van der Waals surface area contributed by atoms with Crippen LogP contribution in [0.2, 0.25) is 0 Å². The van der Waals surface area contributed by atoms with Gasteiger partial charge < -0.3 is 11.1 Å². The average Bonchev–Trinajstić information content (AvgIpc) is 3.16. The number of halogens is 1. The molecule has 3 nitrogen and oxygen atoms in total. The Kier molecular flexibility index (Phi) is 4.40. The highest BCUT2D eigenvalue weighted by Crippen LogP contribution is 2.39. The second kappa shape index (κ2) is 5.74. The maximum absolute atomic E-state index is 12.5. The number of nitrogens with two attached hydrogens (primary N) is 1. The quantitative estimate of drug-likeness (QED) is 0.896. The van der Waals surface area contributed by atoms with Crippen LogP contribution in [0.1, 0.15) is 47.7 Å². The molecule has 0 aliphatic heterocycles.